The fourth-order valence-electron chi connectivity index (χ4n) is 2.78. The maximum absolute atomic E-state index is 12.4. The summed E-state index contributed by atoms with van der Waals surface area (Å²) in [5.41, 5.74) is 1.48. The summed E-state index contributed by atoms with van der Waals surface area (Å²) in [7, 11) is 1.62. The van der Waals surface area contributed by atoms with E-state index >= 15 is 0 Å². The number of unbranched alkanes of at least 4 members (excludes halogenated alkanes) is 1. The fraction of sp³-hybridized carbons (Fsp3) is 0.440. The van der Waals surface area contributed by atoms with Gasteiger partial charge in [0.1, 0.15) is 5.75 Å². The number of rotatable bonds is 12. The van der Waals surface area contributed by atoms with E-state index in [0.717, 1.165) is 36.3 Å². The molecule has 0 aliphatic heterocycles. The molecule has 0 spiro atoms. The molecule has 174 valence electrons. The minimum atomic E-state index is -0.270. The van der Waals surface area contributed by atoms with Gasteiger partial charge in [0, 0.05) is 12.1 Å². The number of methoxy groups -OCH3 is 1. The van der Waals surface area contributed by atoms with Crippen LogP contribution in [0.1, 0.15) is 56.0 Å². The van der Waals surface area contributed by atoms with Crippen LogP contribution in [0.4, 0.5) is 0 Å². The van der Waals surface area contributed by atoms with Gasteiger partial charge in [-0.05, 0) is 72.9 Å². The van der Waals surface area contributed by atoms with Gasteiger partial charge in [0.05, 0.1) is 20.3 Å². The van der Waals surface area contributed by atoms with E-state index in [1.54, 1.807) is 31.4 Å². The highest BCUT2D eigenvalue weighted by Gasteiger charge is 2.10. The Morgan fingerprint density at radius 1 is 1.03 bits per heavy atom. The van der Waals surface area contributed by atoms with Gasteiger partial charge in [-0.3, -0.25) is 10.1 Å². The molecule has 0 heterocycles. The smallest absolute Gasteiger partial charge is 0.257 e. The van der Waals surface area contributed by atoms with E-state index in [4.69, 9.17) is 26.4 Å². The second-order valence-corrected chi connectivity index (χ2v) is 8.29. The predicted molar refractivity (Wildman–Crippen MR) is 132 cm³/mol. The van der Waals surface area contributed by atoms with Crippen molar-refractivity contribution in [2.24, 2.45) is 5.92 Å². The lowest BCUT2D eigenvalue weighted by Gasteiger charge is -2.13. The van der Waals surface area contributed by atoms with Crippen molar-refractivity contribution in [3.63, 3.8) is 0 Å². The first kappa shape index (κ1) is 25.5. The molecule has 2 rings (SSSR count). The Kier molecular flexibility index (Phi) is 10.8. The Morgan fingerprint density at radius 3 is 2.44 bits per heavy atom. The zero-order chi connectivity index (χ0) is 23.3. The topological polar surface area (TPSA) is 68.8 Å². The molecule has 6 nitrogen and oxygen atoms in total. The number of hydrogen-bond acceptors (Lipinski definition) is 5. The lowest BCUT2D eigenvalue weighted by molar-refractivity contribution is 0.0976. The van der Waals surface area contributed by atoms with Crippen LogP contribution >= 0.6 is 12.2 Å². The zero-order valence-corrected chi connectivity index (χ0v) is 20.2. The molecular weight excluding hydrogens is 424 g/mol. The molecule has 0 radical (unpaired) electrons. The molecule has 0 atom stereocenters. The molecule has 0 saturated carbocycles. The summed E-state index contributed by atoms with van der Waals surface area (Å²) in [6, 6.07) is 12.8. The van der Waals surface area contributed by atoms with Gasteiger partial charge in [0.2, 0.25) is 0 Å². The minimum Gasteiger partial charge on any atom is -0.494 e. The van der Waals surface area contributed by atoms with Crippen LogP contribution in [0.15, 0.2) is 42.5 Å². The molecule has 0 aliphatic rings. The number of amides is 1. The first-order valence-electron chi connectivity index (χ1n) is 11.0. The van der Waals surface area contributed by atoms with Gasteiger partial charge in [-0.1, -0.05) is 33.3 Å². The lowest BCUT2D eigenvalue weighted by Crippen LogP contribution is -2.38. The molecule has 2 N–H and O–H groups in total. The molecule has 0 aromatic heterocycles. The van der Waals surface area contributed by atoms with Crippen LogP contribution in [0.2, 0.25) is 0 Å². The second-order valence-electron chi connectivity index (χ2n) is 7.88. The van der Waals surface area contributed by atoms with E-state index in [0.29, 0.717) is 37.0 Å². The maximum atomic E-state index is 12.4. The third-order valence-corrected chi connectivity index (χ3v) is 4.99. The van der Waals surface area contributed by atoms with Gasteiger partial charge in [0.25, 0.3) is 5.91 Å². The summed E-state index contributed by atoms with van der Waals surface area (Å²) in [5.74, 6) is 2.46. The number of nitrogens with one attached hydrogen (secondary N) is 2. The molecule has 0 aliphatic carbocycles. The Hall–Kier alpha value is -2.80. The van der Waals surface area contributed by atoms with Crippen molar-refractivity contribution >= 4 is 23.2 Å². The number of benzene rings is 2. The van der Waals surface area contributed by atoms with Gasteiger partial charge in [-0.2, -0.15) is 0 Å². The van der Waals surface area contributed by atoms with Crippen LogP contribution in [0, 0.1) is 5.92 Å². The summed E-state index contributed by atoms with van der Waals surface area (Å²) in [6.07, 6.45) is 3.06. The Labute approximate surface area is 196 Å². The van der Waals surface area contributed by atoms with Crippen LogP contribution in [0.5, 0.6) is 17.2 Å². The third kappa shape index (κ3) is 8.75. The third-order valence-electron chi connectivity index (χ3n) is 4.74. The van der Waals surface area contributed by atoms with Crippen LogP contribution in [0.3, 0.4) is 0 Å². The molecule has 32 heavy (non-hydrogen) atoms. The highest BCUT2D eigenvalue weighted by Crippen LogP contribution is 2.28. The van der Waals surface area contributed by atoms with Crippen molar-refractivity contribution < 1.29 is 19.0 Å². The largest absolute Gasteiger partial charge is 0.494 e. The van der Waals surface area contributed by atoms with Crippen LogP contribution in [-0.2, 0) is 6.54 Å². The second kappa shape index (κ2) is 13.6. The maximum Gasteiger partial charge on any atom is 0.257 e. The molecule has 2 aromatic rings. The molecule has 0 bridgehead atoms. The first-order valence-corrected chi connectivity index (χ1v) is 11.5. The van der Waals surface area contributed by atoms with Crippen molar-refractivity contribution in [1.29, 1.82) is 0 Å². The predicted octanol–water partition coefficient (Wildman–Crippen LogP) is 5.10. The van der Waals surface area contributed by atoms with E-state index in [2.05, 4.69) is 31.4 Å². The molecule has 0 fully saturated rings. The quantitative estimate of drug-likeness (QED) is 0.341. The summed E-state index contributed by atoms with van der Waals surface area (Å²) < 4.78 is 16.9. The van der Waals surface area contributed by atoms with Gasteiger partial charge >= 0.3 is 0 Å². The molecule has 0 unspecified atom stereocenters. The van der Waals surface area contributed by atoms with E-state index in [1.807, 2.05) is 18.2 Å². The van der Waals surface area contributed by atoms with Crippen molar-refractivity contribution in [3.05, 3.63) is 53.6 Å². The van der Waals surface area contributed by atoms with E-state index in [1.165, 1.54) is 0 Å². The number of carbonyl (C=O) groups excluding carboxylic acids is 1. The van der Waals surface area contributed by atoms with E-state index in [-0.39, 0.29) is 11.0 Å². The summed E-state index contributed by atoms with van der Waals surface area (Å²) >= 11 is 5.27. The highest BCUT2D eigenvalue weighted by atomic mass is 32.1. The normalized spacial score (nSPS) is 10.5. The van der Waals surface area contributed by atoms with E-state index < -0.39 is 0 Å². The Balaban J connectivity index is 1.82. The van der Waals surface area contributed by atoms with Crippen molar-refractivity contribution in [2.75, 3.05) is 20.3 Å². The highest BCUT2D eigenvalue weighted by molar-refractivity contribution is 7.80. The Bertz CT molecular complexity index is 869. The molecule has 1 amide bonds. The van der Waals surface area contributed by atoms with Crippen LogP contribution < -0.4 is 24.8 Å². The lowest BCUT2D eigenvalue weighted by atomic mass is 10.1. The minimum absolute atomic E-state index is 0.259. The van der Waals surface area contributed by atoms with Gasteiger partial charge in [-0.15, -0.1) is 0 Å². The molecule has 2 aromatic carbocycles. The number of hydrogen-bond donors (Lipinski definition) is 2. The van der Waals surface area contributed by atoms with Crippen LogP contribution in [0.25, 0.3) is 0 Å². The van der Waals surface area contributed by atoms with Crippen molar-refractivity contribution in [3.8, 4) is 17.2 Å². The van der Waals surface area contributed by atoms with Crippen LogP contribution in [-0.4, -0.2) is 31.3 Å². The van der Waals surface area contributed by atoms with Crippen molar-refractivity contribution in [1.82, 2.24) is 10.6 Å². The standard InChI is InChI=1S/C25H34N2O4S/c1-5-6-14-31-22-12-7-19(16-23(22)29-4)17-26-25(32)27-24(28)20-8-10-21(11-9-20)30-15-13-18(2)3/h7-12,16,18H,5-6,13-15,17H2,1-4H3,(H2,26,27,28,32). The van der Waals surface area contributed by atoms with E-state index in [9.17, 15) is 4.79 Å². The number of carbonyl (C=O) groups is 1. The number of ether oxygens (including phenoxy) is 3. The van der Waals surface area contributed by atoms with Gasteiger partial charge in [0.15, 0.2) is 16.6 Å². The fourth-order valence-corrected chi connectivity index (χ4v) is 2.95. The molecular formula is C25H34N2O4S. The summed E-state index contributed by atoms with van der Waals surface area (Å²) in [6.45, 7) is 8.20. The Morgan fingerprint density at radius 2 is 1.78 bits per heavy atom. The SMILES string of the molecule is CCCCOc1ccc(CNC(=S)NC(=O)c2ccc(OCCC(C)C)cc2)cc1OC. The summed E-state index contributed by atoms with van der Waals surface area (Å²) in [4.78, 5) is 12.4. The number of thiocarbonyl (C=S) groups is 1. The molecule has 0 saturated heterocycles. The van der Waals surface area contributed by atoms with Gasteiger partial charge in [-0.25, -0.2) is 0 Å². The average Bonchev–Trinajstić information content (AvgIpc) is 2.78. The average molecular weight is 459 g/mol. The molecule has 7 heteroatoms. The summed E-state index contributed by atoms with van der Waals surface area (Å²) in [5, 5.41) is 6.01. The first-order chi connectivity index (χ1) is 15.4. The zero-order valence-electron chi connectivity index (χ0n) is 19.4. The van der Waals surface area contributed by atoms with Gasteiger partial charge < -0.3 is 19.5 Å². The van der Waals surface area contributed by atoms with Crippen molar-refractivity contribution in [2.45, 2.75) is 46.6 Å². The monoisotopic (exact) mass is 458 g/mol.